The van der Waals surface area contributed by atoms with Gasteiger partial charge in [0, 0.05) is 5.56 Å². The van der Waals surface area contributed by atoms with Crippen LogP contribution in [0.1, 0.15) is 15.9 Å². The maximum Gasteiger partial charge on any atom is 0.416 e. The lowest BCUT2D eigenvalue weighted by Crippen LogP contribution is -2.04. The van der Waals surface area contributed by atoms with E-state index in [4.69, 9.17) is 9.63 Å². The van der Waals surface area contributed by atoms with Gasteiger partial charge >= 0.3 is 12.1 Å². The van der Waals surface area contributed by atoms with Crippen LogP contribution in [0.25, 0.3) is 22.8 Å². The Morgan fingerprint density at radius 2 is 1.83 bits per heavy atom. The lowest BCUT2D eigenvalue weighted by atomic mass is 10.1. The molecule has 0 atom stereocenters. The monoisotopic (exact) mass is 334 g/mol. The maximum atomic E-state index is 12.8. The molecule has 1 heterocycles. The zero-order chi connectivity index (χ0) is 17.3. The summed E-state index contributed by atoms with van der Waals surface area (Å²) in [5.74, 6) is -1.32. The van der Waals surface area contributed by atoms with E-state index in [-0.39, 0.29) is 28.4 Å². The van der Waals surface area contributed by atoms with Gasteiger partial charge in [-0.15, -0.1) is 0 Å². The number of nitrogens with zero attached hydrogens (tertiary/aromatic N) is 2. The first-order valence-corrected chi connectivity index (χ1v) is 6.70. The number of carboxylic acids is 1. The summed E-state index contributed by atoms with van der Waals surface area (Å²) in [5.41, 5.74) is -0.572. The van der Waals surface area contributed by atoms with E-state index in [0.717, 1.165) is 12.1 Å². The van der Waals surface area contributed by atoms with E-state index in [9.17, 15) is 18.0 Å². The van der Waals surface area contributed by atoms with E-state index in [2.05, 4.69) is 10.1 Å². The Bertz CT molecular complexity index is 903. The molecule has 24 heavy (non-hydrogen) atoms. The zero-order valence-corrected chi connectivity index (χ0v) is 11.9. The molecule has 0 fully saturated rings. The van der Waals surface area contributed by atoms with Gasteiger partial charge in [0.25, 0.3) is 5.89 Å². The Morgan fingerprint density at radius 3 is 2.54 bits per heavy atom. The summed E-state index contributed by atoms with van der Waals surface area (Å²) in [5, 5.41) is 12.8. The van der Waals surface area contributed by atoms with Crippen molar-refractivity contribution in [1.29, 1.82) is 0 Å². The van der Waals surface area contributed by atoms with Crippen LogP contribution in [0.4, 0.5) is 13.2 Å². The zero-order valence-electron chi connectivity index (χ0n) is 11.9. The molecule has 0 spiro atoms. The third-order valence-electron chi connectivity index (χ3n) is 3.26. The maximum absolute atomic E-state index is 12.8. The number of halogens is 3. The third kappa shape index (κ3) is 2.98. The fourth-order valence-electron chi connectivity index (χ4n) is 2.14. The normalized spacial score (nSPS) is 11.5. The molecular formula is C16H9F3N2O3. The number of benzene rings is 2. The third-order valence-corrected chi connectivity index (χ3v) is 3.26. The van der Waals surface area contributed by atoms with E-state index in [1.54, 1.807) is 6.07 Å². The molecule has 5 nitrogen and oxygen atoms in total. The second kappa shape index (κ2) is 5.80. The van der Waals surface area contributed by atoms with Crippen LogP contribution in [0.15, 0.2) is 53.1 Å². The van der Waals surface area contributed by atoms with Crippen LogP contribution in [-0.2, 0) is 6.18 Å². The van der Waals surface area contributed by atoms with Crippen LogP contribution in [0.2, 0.25) is 0 Å². The second-order valence-electron chi connectivity index (χ2n) is 4.85. The number of rotatable bonds is 3. The Balaban J connectivity index is 2.02. The van der Waals surface area contributed by atoms with Crippen molar-refractivity contribution in [2.24, 2.45) is 0 Å². The number of carboxylic acid groups (broad SMARTS) is 1. The standard InChI is InChI=1S/C16H9F3N2O3/c17-16(18,19)10-5-3-4-9(8-10)13-20-14(24-21-13)11-6-1-2-7-12(11)15(22)23/h1-8H,(H,22,23). The average Bonchev–Trinajstić information content (AvgIpc) is 3.04. The van der Waals surface area contributed by atoms with Gasteiger partial charge in [0.05, 0.1) is 16.7 Å². The minimum atomic E-state index is -4.49. The summed E-state index contributed by atoms with van der Waals surface area (Å²) in [7, 11) is 0. The molecule has 0 aliphatic heterocycles. The van der Waals surface area contributed by atoms with Crippen molar-refractivity contribution in [1.82, 2.24) is 10.1 Å². The van der Waals surface area contributed by atoms with Crippen molar-refractivity contribution in [2.75, 3.05) is 0 Å². The van der Waals surface area contributed by atoms with Gasteiger partial charge in [-0.2, -0.15) is 18.2 Å². The van der Waals surface area contributed by atoms with Gasteiger partial charge in [0.1, 0.15) is 0 Å². The van der Waals surface area contributed by atoms with Crippen molar-refractivity contribution in [3.63, 3.8) is 0 Å². The number of alkyl halides is 3. The van der Waals surface area contributed by atoms with Crippen molar-refractivity contribution < 1.29 is 27.6 Å². The molecule has 122 valence electrons. The first-order chi connectivity index (χ1) is 11.4. The Kier molecular flexibility index (Phi) is 3.80. The predicted molar refractivity (Wildman–Crippen MR) is 77.1 cm³/mol. The van der Waals surface area contributed by atoms with E-state index < -0.39 is 17.7 Å². The van der Waals surface area contributed by atoms with Gasteiger partial charge in [0.2, 0.25) is 5.82 Å². The average molecular weight is 334 g/mol. The summed E-state index contributed by atoms with van der Waals surface area (Å²) in [6.07, 6.45) is -4.49. The first-order valence-electron chi connectivity index (χ1n) is 6.70. The highest BCUT2D eigenvalue weighted by Gasteiger charge is 2.30. The minimum absolute atomic E-state index is 0.0447. The number of aromatic nitrogens is 2. The largest absolute Gasteiger partial charge is 0.478 e. The highest BCUT2D eigenvalue weighted by Crippen LogP contribution is 2.32. The quantitative estimate of drug-likeness (QED) is 0.780. The molecule has 0 radical (unpaired) electrons. The van der Waals surface area contributed by atoms with E-state index >= 15 is 0 Å². The number of aromatic carboxylic acids is 1. The number of hydrogen-bond acceptors (Lipinski definition) is 4. The fraction of sp³-hybridized carbons (Fsp3) is 0.0625. The minimum Gasteiger partial charge on any atom is -0.478 e. The Hall–Kier alpha value is -3.16. The van der Waals surface area contributed by atoms with Crippen LogP contribution >= 0.6 is 0 Å². The van der Waals surface area contributed by atoms with E-state index in [1.165, 1.54) is 30.3 Å². The summed E-state index contributed by atoms with van der Waals surface area (Å²) >= 11 is 0. The first kappa shape index (κ1) is 15.7. The molecule has 0 aliphatic carbocycles. The van der Waals surface area contributed by atoms with Crippen LogP contribution in [0.5, 0.6) is 0 Å². The molecule has 8 heteroatoms. The summed E-state index contributed by atoms with van der Waals surface area (Å²) < 4.78 is 43.3. The van der Waals surface area contributed by atoms with Crippen molar-refractivity contribution >= 4 is 5.97 Å². The molecule has 0 amide bonds. The van der Waals surface area contributed by atoms with Gasteiger partial charge in [0.15, 0.2) is 0 Å². The topological polar surface area (TPSA) is 76.2 Å². The SMILES string of the molecule is O=C(O)c1ccccc1-c1nc(-c2cccc(C(F)(F)F)c2)no1. The lowest BCUT2D eigenvalue weighted by molar-refractivity contribution is -0.137. The fourth-order valence-corrected chi connectivity index (χ4v) is 2.14. The smallest absolute Gasteiger partial charge is 0.416 e. The highest BCUT2D eigenvalue weighted by atomic mass is 19.4. The molecule has 3 rings (SSSR count). The number of carbonyl (C=O) groups is 1. The molecular weight excluding hydrogens is 325 g/mol. The summed E-state index contributed by atoms with van der Waals surface area (Å²) in [6, 6.07) is 10.5. The molecule has 1 aromatic heterocycles. The Morgan fingerprint density at radius 1 is 1.08 bits per heavy atom. The summed E-state index contributed by atoms with van der Waals surface area (Å²) in [4.78, 5) is 15.2. The van der Waals surface area contributed by atoms with Crippen LogP contribution in [-0.4, -0.2) is 21.2 Å². The van der Waals surface area contributed by atoms with Crippen LogP contribution in [0, 0.1) is 0 Å². The number of hydrogen-bond donors (Lipinski definition) is 1. The molecule has 0 aliphatic rings. The Labute approximate surface area is 133 Å². The van der Waals surface area contributed by atoms with E-state index in [0.29, 0.717) is 0 Å². The highest BCUT2D eigenvalue weighted by molar-refractivity contribution is 5.94. The van der Waals surface area contributed by atoms with Crippen molar-refractivity contribution in [3.05, 3.63) is 59.7 Å². The molecule has 0 unspecified atom stereocenters. The van der Waals surface area contributed by atoms with Gasteiger partial charge < -0.3 is 9.63 Å². The predicted octanol–water partition coefficient (Wildman–Crippen LogP) is 4.12. The lowest BCUT2D eigenvalue weighted by Gasteiger charge is -2.06. The van der Waals surface area contributed by atoms with Crippen molar-refractivity contribution in [3.8, 4) is 22.8 Å². The second-order valence-corrected chi connectivity index (χ2v) is 4.85. The molecule has 3 aromatic rings. The molecule has 1 N–H and O–H groups in total. The van der Waals surface area contributed by atoms with Crippen molar-refractivity contribution in [2.45, 2.75) is 6.18 Å². The van der Waals surface area contributed by atoms with E-state index in [1.807, 2.05) is 0 Å². The van der Waals surface area contributed by atoms with Gasteiger partial charge in [-0.1, -0.05) is 29.4 Å². The van der Waals surface area contributed by atoms with Gasteiger partial charge in [-0.25, -0.2) is 4.79 Å². The molecule has 0 saturated carbocycles. The van der Waals surface area contributed by atoms with Gasteiger partial charge in [-0.3, -0.25) is 0 Å². The van der Waals surface area contributed by atoms with Crippen LogP contribution in [0.3, 0.4) is 0 Å². The van der Waals surface area contributed by atoms with Crippen LogP contribution < -0.4 is 0 Å². The summed E-state index contributed by atoms with van der Waals surface area (Å²) in [6.45, 7) is 0. The molecule has 0 bridgehead atoms. The molecule has 0 saturated heterocycles. The van der Waals surface area contributed by atoms with Gasteiger partial charge in [-0.05, 0) is 24.3 Å². The molecule has 2 aromatic carbocycles.